The molecule has 1 N–H and O–H groups in total. The zero-order chi connectivity index (χ0) is 20.3. The lowest BCUT2D eigenvalue weighted by Crippen LogP contribution is -2.25. The summed E-state index contributed by atoms with van der Waals surface area (Å²) in [6, 6.07) is 5.54. The largest absolute Gasteiger partial charge is 0.366 e. The summed E-state index contributed by atoms with van der Waals surface area (Å²) in [4.78, 5) is 25.2. The number of halogens is 3. The summed E-state index contributed by atoms with van der Waals surface area (Å²) >= 11 is 0. The molecule has 6 nitrogen and oxygen atoms in total. The van der Waals surface area contributed by atoms with Gasteiger partial charge in [-0.1, -0.05) is 12.8 Å². The normalized spacial score (nSPS) is 14.5. The van der Waals surface area contributed by atoms with E-state index in [2.05, 4.69) is 5.32 Å². The van der Waals surface area contributed by atoms with Gasteiger partial charge >= 0.3 is 0 Å². The molecular formula is C19H18F3N3O3. The number of anilines is 2. The Kier molecular flexibility index (Phi) is 5.81. The molecule has 0 aliphatic carbocycles. The molecular weight excluding hydrogens is 375 g/mol. The van der Waals surface area contributed by atoms with Crippen LogP contribution in [0.2, 0.25) is 0 Å². The fourth-order valence-corrected chi connectivity index (χ4v) is 3.21. The highest BCUT2D eigenvalue weighted by Crippen LogP contribution is 2.31. The zero-order valence-corrected chi connectivity index (χ0v) is 14.9. The second-order valence-electron chi connectivity index (χ2n) is 6.54. The van der Waals surface area contributed by atoms with E-state index in [1.807, 2.05) is 4.90 Å². The van der Waals surface area contributed by atoms with Crippen molar-refractivity contribution in [2.24, 2.45) is 0 Å². The topological polar surface area (TPSA) is 75.5 Å². The number of hydrogen-bond acceptors (Lipinski definition) is 4. The molecule has 2 aromatic rings. The van der Waals surface area contributed by atoms with Gasteiger partial charge < -0.3 is 10.2 Å². The van der Waals surface area contributed by atoms with Crippen molar-refractivity contribution in [2.45, 2.75) is 25.7 Å². The molecule has 0 radical (unpaired) electrons. The minimum Gasteiger partial charge on any atom is -0.366 e. The highest BCUT2D eigenvalue weighted by atomic mass is 19.2. The molecule has 0 aromatic heterocycles. The van der Waals surface area contributed by atoms with E-state index in [4.69, 9.17) is 0 Å². The number of nitro benzene ring substituents is 1. The number of amides is 1. The standard InChI is InChI=1S/C19H18F3N3O3/c20-13-6-7-14(18(22)17(13)21)23-19(26)12-5-8-15(16(11-12)25(27)28)24-9-3-1-2-4-10-24/h5-8,11H,1-4,9-10H2,(H,23,26). The van der Waals surface area contributed by atoms with Crippen LogP contribution < -0.4 is 10.2 Å². The number of carbonyl (C=O) groups is 1. The molecule has 0 spiro atoms. The first-order chi connectivity index (χ1) is 13.4. The van der Waals surface area contributed by atoms with Gasteiger partial charge in [0.25, 0.3) is 11.6 Å². The summed E-state index contributed by atoms with van der Waals surface area (Å²) in [5.41, 5.74) is -0.458. The summed E-state index contributed by atoms with van der Waals surface area (Å²) in [5.74, 6) is -5.49. The van der Waals surface area contributed by atoms with Crippen molar-refractivity contribution in [1.29, 1.82) is 0 Å². The average Bonchev–Trinajstić information content (AvgIpc) is 2.97. The van der Waals surface area contributed by atoms with Crippen LogP contribution in [0.5, 0.6) is 0 Å². The number of nitro groups is 1. The number of rotatable bonds is 4. The summed E-state index contributed by atoms with van der Waals surface area (Å²) in [7, 11) is 0. The van der Waals surface area contributed by atoms with Crippen LogP contribution in [-0.2, 0) is 0 Å². The van der Waals surface area contributed by atoms with Crippen molar-refractivity contribution in [3.63, 3.8) is 0 Å². The fourth-order valence-electron chi connectivity index (χ4n) is 3.21. The molecule has 0 unspecified atom stereocenters. The summed E-state index contributed by atoms with van der Waals surface area (Å²) in [6.45, 7) is 1.37. The van der Waals surface area contributed by atoms with Gasteiger partial charge in [-0.3, -0.25) is 14.9 Å². The minimum atomic E-state index is -1.71. The minimum absolute atomic E-state index is 0.0885. The van der Waals surface area contributed by atoms with Gasteiger partial charge in [0.15, 0.2) is 17.5 Å². The van der Waals surface area contributed by atoms with Gasteiger partial charge in [0, 0.05) is 24.7 Å². The molecule has 1 aliphatic heterocycles. The van der Waals surface area contributed by atoms with Crippen LogP contribution in [-0.4, -0.2) is 23.9 Å². The molecule has 9 heteroatoms. The Hall–Kier alpha value is -3.10. The zero-order valence-electron chi connectivity index (χ0n) is 14.9. The first-order valence-electron chi connectivity index (χ1n) is 8.86. The monoisotopic (exact) mass is 393 g/mol. The van der Waals surface area contributed by atoms with E-state index in [0.29, 0.717) is 24.8 Å². The first kappa shape index (κ1) is 19.7. The lowest BCUT2D eigenvalue weighted by molar-refractivity contribution is -0.384. The molecule has 1 aliphatic rings. The van der Waals surface area contributed by atoms with Crippen LogP contribution in [0.15, 0.2) is 30.3 Å². The Balaban J connectivity index is 1.88. The Labute approximate surface area is 159 Å². The van der Waals surface area contributed by atoms with E-state index in [0.717, 1.165) is 37.8 Å². The Bertz CT molecular complexity index is 913. The Morgan fingerprint density at radius 1 is 1.00 bits per heavy atom. The van der Waals surface area contributed by atoms with E-state index in [-0.39, 0.29) is 11.3 Å². The second-order valence-corrected chi connectivity index (χ2v) is 6.54. The molecule has 1 heterocycles. The first-order valence-corrected chi connectivity index (χ1v) is 8.86. The van der Waals surface area contributed by atoms with Crippen molar-refractivity contribution in [1.82, 2.24) is 0 Å². The number of nitrogens with one attached hydrogen (secondary N) is 1. The van der Waals surface area contributed by atoms with Crippen molar-refractivity contribution in [3.05, 3.63) is 63.5 Å². The summed E-state index contributed by atoms with van der Waals surface area (Å²) in [6.07, 6.45) is 3.97. The quantitative estimate of drug-likeness (QED) is 0.466. The molecule has 3 rings (SSSR count). The fraction of sp³-hybridized carbons (Fsp3) is 0.316. The molecule has 1 fully saturated rings. The summed E-state index contributed by atoms with van der Waals surface area (Å²) in [5, 5.41) is 13.6. The predicted molar refractivity (Wildman–Crippen MR) is 98.0 cm³/mol. The Morgan fingerprint density at radius 2 is 1.68 bits per heavy atom. The highest BCUT2D eigenvalue weighted by molar-refractivity contribution is 6.05. The lowest BCUT2D eigenvalue weighted by Gasteiger charge is -2.22. The van der Waals surface area contributed by atoms with E-state index >= 15 is 0 Å². The van der Waals surface area contributed by atoms with Crippen LogP contribution in [0, 0.1) is 27.6 Å². The predicted octanol–water partition coefficient (Wildman–Crippen LogP) is 4.64. The maximum absolute atomic E-state index is 13.7. The van der Waals surface area contributed by atoms with Gasteiger partial charge in [-0.05, 0) is 37.1 Å². The van der Waals surface area contributed by atoms with E-state index in [1.165, 1.54) is 12.1 Å². The van der Waals surface area contributed by atoms with Gasteiger partial charge in [0.1, 0.15) is 5.69 Å². The maximum Gasteiger partial charge on any atom is 0.293 e. The van der Waals surface area contributed by atoms with Crippen LogP contribution in [0.4, 0.5) is 30.2 Å². The SMILES string of the molecule is O=C(Nc1ccc(F)c(F)c1F)c1ccc(N2CCCCCC2)c([N+](=O)[O-])c1. The maximum atomic E-state index is 13.7. The Morgan fingerprint density at radius 3 is 2.32 bits per heavy atom. The third-order valence-electron chi connectivity index (χ3n) is 4.66. The third-order valence-corrected chi connectivity index (χ3v) is 4.66. The van der Waals surface area contributed by atoms with Gasteiger partial charge in [0.2, 0.25) is 0 Å². The molecule has 1 saturated heterocycles. The smallest absolute Gasteiger partial charge is 0.293 e. The van der Waals surface area contributed by atoms with Crippen molar-refractivity contribution >= 4 is 23.0 Å². The molecule has 28 heavy (non-hydrogen) atoms. The number of hydrogen-bond donors (Lipinski definition) is 1. The molecule has 0 bridgehead atoms. The van der Waals surface area contributed by atoms with E-state index in [9.17, 15) is 28.1 Å². The van der Waals surface area contributed by atoms with Gasteiger partial charge in [-0.25, -0.2) is 13.2 Å². The van der Waals surface area contributed by atoms with Gasteiger partial charge in [-0.2, -0.15) is 0 Å². The van der Waals surface area contributed by atoms with Crippen LogP contribution in [0.25, 0.3) is 0 Å². The van der Waals surface area contributed by atoms with Crippen molar-refractivity contribution in [2.75, 3.05) is 23.3 Å². The van der Waals surface area contributed by atoms with Gasteiger partial charge in [0.05, 0.1) is 10.6 Å². The average molecular weight is 393 g/mol. The number of nitrogens with zero attached hydrogens (tertiary/aromatic N) is 2. The number of benzene rings is 2. The molecule has 2 aromatic carbocycles. The molecule has 1 amide bonds. The van der Waals surface area contributed by atoms with E-state index in [1.54, 1.807) is 0 Å². The van der Waals surface area contributed by atoms with Crippen LogP contribution >= 0.6 is 0 Å². The van der Waals surface area contributed by atoms with Crippen LogP contribution in [0.1, 0.15) is 36.0 Å². The van der Waals surface area contributed by atoms with E-state index < -0.39 is 34.0 Å². The highest BCUT2D eigenvalue weighted by Gasteiger charge is 2.23. The molecule has 0 saturated carbocycles. The number of carbonyl (C=O) groups excluding carboxylic acids is 1. The van der Waals surface area contributed by atoms with Crippen LogP contribution in [0.3, 0.4) is 0 Å². The summed E-state index contributed by atoms with van der Waals surface area (Å²) < 4.78 is 40.1. The second kappa shape index (κ2) is 8.28. The van der Waals surface area contributed by atoms with Crippen molar-refractivity contribution in [3.8, 4) is 0 Å². The molecule has 148 valence electrons. The third kappa shape index (κ3) is 4.08. The van der Waals surface area contributed by atoms with Gasteiger partial charge in [-0.15, -0.1) is 0 Å². The molecule has 0 atom stereocenters. The van der Waals surface area contributed by atoms with Crippen molar-refractivity contribution < 1.29 is 22.9 Å². The lowest BCUT2D eigenvalue weighted by atomic mass is 10.1.